The van der Waals surface area contributed by atoms with Gasteiger partial charge in [-0.1, -0.05) is 11.6 Å². The van der Waals surface area contributed by atoms with Gasteiger partial charge in [0.25, 0.3) is 0 Å². The third-order valence-electron chi connectivity index (χ3n) is 5.56. The van der Waals surface area contributed by atoms with E-state index >= 15 is 0 Å². The lowest BCUT2D eigenvalue weighted by Gasteiger charge is -2.15. The van der Waals surface area contributed by atoms with Crippen molar-refractivity contribution in [3.05, 3.63) is 52.7 Å². The molecule has 0 bridgehead atoms. The van der Waals surface area contributed by atoms with Crippen LogP contribution in [0.15, 0.2) is 41.5 Å². The Hall–Kier alpha value is -2.84. The highest BCUT2D eigenvalue weighted by atomic mass is 35.5. The summed E-state index contributed by atoms with van der Waals surface area (Å²) in [5.41, 5.74) is 5.52. The van der Waals surface area contributed by atoms with Crippen LogP contribution in [0.4, 0.5) is 5.69 Å². The van der Waals surface area contributed by atoms with Crippen molar-refractivity contribution in [1.82, 2.24) is 10.5 Å². The molecular weight excluding hydrogens is 444 g/mol. The summed E-state index contributed by atoms with van der Waals surface area (Å²) < 4.78 is 10.7. The van der Waals surface area contributed by atoms with Crippen LogP contribution in [-0.4, -0.2) is 35.5 Å². The number of nitrogens with zero attached hydrogens (tertiary/aromatic N) is 2. The Morgan fingerprint density at radius 3 is 2.79 bits per heavy atom. The molecule has 2 heterocycles. The van der Waals surface area contributed by atoms with Crippen molar-refractivity contribution in [2.45, 2.75) is 58.4 Å². The molecule has 33 heavy (non-hydrogen) atoms. The first-order valence-electron chi connectivity index (χ1n) is 11.3. The van der Waals surface area contributed by atoms with Crippen LogP contribution >= 0.6 is 11.6 Å². The zero-order valence-corrected chi connectivity index (χ0v) is 19.8. The molecule has 0 radical (unpaired) electrons. The van der Waals surface area contributed by atoms with Gasteiger partial charge >= 0.3 is 5.97 Å². The molecule has 0 spiro atoms. The molecule has 3 unspecified atom stereocenters. The van der Waals surface area contributed by atoms with E-state index in [1.54, 1.807) is 12.3 Å². The molecule has 3 atom stereocenters. The minimum Gasteiger partial charge on any atom is -0.474 e. The third-order valence-corrected chi connectivity index (χ3v) is 5.83. The van der Waals surface area contributed by atoms with Crippen LogP contribution in [0.2, 0.25) is 5.02 Å². The van der Waals surface area contributed by atoms with Gasteiger partial charge in [0, 0.05) is 29.1 Å². The van der Waals surface area contributed by atoms with Crippen LogP contribution in [0.1, 0.15) is 57.4 Å². The highest BCUT2D eigenvalue weighted by molar-refractivity contribution is 6.31. The lowest BCUT2D eigenvalue weighted by molar-refractivity contribution is -0.147. The van der Waals surface area contributed by atoms with Gasteiger partial charge in [0.1, 0.15) is 5.02 Å². The number of pyridine rings is 1. The first-order chi connectivity index (χ1) is 15.9. The largest absolute Gasteiger partial charge is 0.474 e. The van der Waals surface area contributed by atoms with E-state index in [9.17, 15) is 4.79 Å². The second kappa shape index (κ2) is 10.4. The van der Waals surface area contributed by atoms with E-state index in [0.29, 0.717) is 23.3 Å². The number of aliphatic imine (C=N–C) groups is 1. The molecule has 1 aliphatic heterocycles. The minimum atomic E-state index is -0.547. The average Bonchev–Trinajstić information content (AvgIpc) is 3.46. The first kappa shape index (κ1) is 23.3. The molecule has 1 aliphatic carbocycles. The zero-order chi connectivity index (χ0) is 23.4. The molecule has 9 heteroatoms. The fourth-order valence-electron chi connectivity index (χ4n) is 3.99. The maximum Gasteiger partial charge on any atom is 0.308 e. The maximum atomic E-state index is 11.9. The number of rotatable bonds is 8. The molecule has 176 valence electrons. The minimum absolute atomic E-state index is 0.0122. The van der Waals surface area contributed by atoms with E-state index in [4.69, 9.17) is 25.9 Å². The fraction of sp³-hybridized carbons (Fsp3) is 0.458. The third kappa shape index (κ3) is 5.75. The number of hydrogen-bond acceptors (Lipinski definition) is 8. The number of hydroxylamine groups is 1. The predicted octanol–water partition coefficient (Wildman–Crippen LogP) is 4.65. The Morgan fingerprint density at radius 1 is 1.30 bits per heavy atom. The maximum absolute atomic E-state index is 11.9. The number of carbonyl (C=O) groups excluding carboxylic acids is 1. The number of halogens is 1. The quantitative estimate of drug-likeness (QED) is 0.540. The molecule has 4 rings (SSSR count). The number of nitrogens with one attached hydrogen (secondary N) is 2. The van der Waals surface area contributed by atoms with Crippen LogP contribution in [-0.2, 0) is 14.4 Å². The molecular formula is C24H29ClN4O4. The summed E-state index contributed by atoms with van der Waals surface area (Å²) in [5.74, 6) is 0.926. The van der Waals surface area contributed by atoms with Gasteiger partial charge in [-0.2, -0.15) is 0 Å². The molecule has 2 N–H and O–H groups in total. The summed E-state index contributed by atoms with van der Waals surface area (Å²) in [6.45, 7) is 6.10. The van der Waals surface area contributed by atoms with Gasteiger partial charge in [0.15, 0.2) is 5.84 Å². The molecule has 0 saturated heterocycles. The Morgan fingerprint density at radius 2 is 2.09 bits per heavy atom. The normalized spacial score (nSPS) is 22.1. The summed E-state index contributed by atoms with van der Waals surface area (Å²) in [6, 6.07) is 9.97. The van der Waals surface area contributed by atoms with Crippen LogP contribution < -0.4 is 15.5 Å². The predicted molar refractivity (Wildman–Crippen MR) is 126 cm³/mol. The lowest BCUT2D eigenvalue weighted by Crippen LogP contribution is -2.20. The van der Waals surface area contributed by atoms with Gasteiger partial charge < -0.3 is 14.8 Å². The Labute approximate surface area is 198 Å². The lowest BCUT2D eigenvalue weighted by atomic mass is 10.1. The van der Waals surface area contributed by atoms with E-state index in [1.807, 2.05) is 45.0 Å². The second-order valence-electron chi connectivity index (χ2n) is 8.45. The van der Waals surface area contributed by atoms with Crippen LogP contribution in [0, 0.1) is 5.92 Å². The number of benzene rings is 1. The van der Waals surface area contributed by atoms with Gasteiger partial charge in [-0.15, -0.1) is 0 Å². The SMILES string of the molecule is CCOC(=O)C1CCC(Nc2ccc(C3=NC(c4cnc(OC(C)C)c(Cl)c4)ON3)cc2)C1. The summed E-state index contributed by atoms with van der Waals surface area (Å²) >= 11 is 6.29. The summed E-state index contributed by atoms with van der Waals surface area (Å²) in [5, 5.41) is 3.93. The van der Waals surface area contributed by atoms with Crippen LogP contribution in [0.3, 0.4) is 0 Å². The van der Waals surface area contributed by atoms with Crippen molar-refractivity contribution in [2.75, 3.05) is 11.9 Å². The Kier molecular flexibility index (Phi) is 7.35. The van der Waals surface area contributed by atoms with Crippen molar-refractivity contribution in [1.29, 1.82) is 0 Å². The Bertz CT molecular complexity index is 1010. The molecule has 1 aromatic heterocycles. The van der Waals surface area contributed by atoms with Crippen LogP contribution in [0.5, 0.6) is 5.88 Å². The van der Waals surface area contributed by atoms with Crippen molar-refractivity contribution >= 4 is 29.1 Å². The first-order valence-corrected chi connectivity index (χ1v) is 11.7. The smallest absolute Gasteiger partial charge is 0.308 e. The number of carbonyl (C=O) groups is 1. The van der Waals surface area contributed by atoms with Gasteiger partial charge in [0.2, 0.25) is 12.1 Å². The van der Waals surface area contributed by atoms with Crippen molar-refractivity contribution in [3.63, 3.8) is 0 Å². The zero-order valence-electron chi connectivity index (χ0n) is 19.0. The Balaban J connectivity index is 1.36. The standard InChI is InChI=1S/C24H29ClN4O4/c1-4-31-24(30)16-7-10-19(11-16)27-18-8-5-15(6-9-18)21-28-22(33-29-21)17-12-20(25)23(26-13-17)32-14(2)3/h5-6,8-9,12-14,16,19,22,27H,4,7,10-11H2,1-3H3,(H,28,29). The summed E-state index contributed by atoms with van der Waals surface area (Å²) in [6.07, 6.45) is 3.70. The topological polar surface area (TPSA) is 94.1 Å². The highest BCUT2D eigenvalue weighted by Gasteiger charge is 2.31. The van der Waals surface area contributed by atoms with Crippen LogP contribution in [0.25, 0.3) is 0 Å². The van der Waals surface area contributed by atoms with Crippen molar-refractivity contribution in [3.8, 4) is 5.88 Å². The number of amidine groups is 1. The molecule has 1 saturated carbocycles. The molecule has 0 amide bonds. The van der Waals surface area contributed by atoms with Gasteiger partial charge in [0.05, 0.1) is 18.6 Å². The molecule has 1 aromatic carbocycles. The number of hydrogen-bond donors (Lipinski definition) is 2. The van der Waals surface area contributed by atoms with E-state index < -0.39 is 6.23 Å². The average molecular weight is 473 g/mol. The van der Waals surface area contributed by atoms with E-state index in [-0.39, 0.29) is 24.0 Å². The van der Waals surface area contributed by atoms with E-state index in [2.05, 4.69) is 20.8 Å². The summed E-state index contributed by atoms with van der Waals surface area (Å²) in [4.78, 5) is 26.5. The fourth-order valence-corrected chi connectivity index (χ4v) is 4.21. The highest BCUT2D eigenvalue weighted by Crippen LogP contribution is 2.31. The van der Waals surface area contributed by atoms with Crippen molar-refractivity contribution in [2.24, 2.45) is 10.9 Å². The van der Waals surface area contributed by atoms with E-state index in [0.717, 1.165) is 36.1 Å². The number of ether oxygens (including phenoxy) is 2. The molecule has 8 nitrogen and oxygen atoms in total. The number of aromatic nitrogens is 1. The monoisotopic (exact) mass is 472 g/mol. The molecule has 1 fully saturated rings. The molecule has 2 aliphatic rings. The second-order valence-corrected chi connectivity index (χ2v) is 8.86. The summed E-state index contributed by atoms with van der Waals surface area (Å²) in [7, 11) is 0. The number of esters is 1. The van der Waals surface area contributed by atoms with Crippen molar-refractivity contribution < 1.29 is 19.1 Å². The van der Waals surface area contributed by atoms with Gasteiger partial charge in [-0.3, -0.25) is 4.79 Å². The van der Waals surface area contributed by atoms with Gasteiger partial charge in [-0.25, -0.2) is 20.3 Å². The molecule has 2 aromatic rings. The number of anilines is 1. The van der Waals surface area contributed by atoms with Gasteiger partial charge in [-0.05, 0) is 70.4 Å². The van der Waals surface area contributed by atoms with E-state index in [1.165, 1.54) is 0 Å².